The summed E-state index contributed by atoms with van der Waals surface area (Å²) >= 11 is 1.54. The van der Waals surface area contributed by atoms with Crippen LogP contribution in [0.4, 0.5) is 5.69 Å². The van der Waals surface area contributed by atoms with Crippen molar-refractivity contribution in [3.63, 3.8) is 0 Å². The zero-order chi connectivity index (χ0) is 15.0. The lowest BCUT2D eigenvalue weighted by Crippen LogP contribution is -2.25. The number of thiophene rings is 1. The third-order valence-corrected chi connectivity index (χ3v) is 6.02. The van der Waals surface area contributed by atoms with E-state index in [-0.39, 0.29) is 4.90 Å². The Morgan fingerprint density at radius 2 is 2.14 bits per heavy atom. The lowest BCUT2D eigenvalue weighted by atomic mass is 10.2. The first-order valence-electron chi connectivity index (χ1n) is 6.34. The molecule has 0 radical (unpaired) electrons. The van der Waals surface area contributed by atoms with Gasteiger partial charge < -0.3 is 10.7 Å². The van der Waals surface area contributed by atoms with Crippen molar-refractivity contribution in [3.8, 4) is 0 Å². The molecule has 0 spiro atoms. The molecule has 0 aliphatic rings. The lowest BCUT2D eigenvalue weighted by molar-refractivity contribution is 0.470. The van der Waals surface area contributed by atoms with Crippen LogP contribution in [-0.2, 0) is 16.6 Å². The fourth-order valence-electron chi connectivity index (χ4n) is 2.20. The van der Waals surface area contributed by atoms with Crippen LogP contribution in [0.3, 0.4) is 0 Å². The van der Waals surface area contributed by atoms with Crippen LogP contribution < -0.4 is 5.73 Å². The highest BCUT2D eigenvalue weighted by Crippen LogP contribution is 2.27. The minimum Gasteiger partial charge on any atom is -0.399 e. The number of nitrogens with one attached hydrogen (secondary N) is 1. The number of aromatic nitrogens is 1. The van der Waals surface area contributed by atoms with Gasteiger partial charge in [-0.2, -0.15) is 4.31 Å². The van der Waals surface area contributed by atoms with Gasteiger partial charge in [-0.05, 0) is 29.6 Å². The number of hydrogen-bond donors (Lipinski definition) is 2. The highest BCUT2D eigenvalue weighted by atomic mass is 32.2. The Bertz CT molecular complexity index is 867. The number of nitrogens with zero attached hydrogens (tertiary/aromatic N) is 1. The second kappa shape index (κ2) is 5.18. The molecule has 3 aromatic rings. The van der Waals surface area contributed by atoms with Crippen molar-refractivity contribution >= 4 is 38.0 Å². The van der Waals surface area contributed by atoms with Gasteiger partial charge in [0.1, 0.15) is 4.90 Å². The molecule has 3 rings (SSSR count). The Hall–Kier alpha value is -1.83. The van der Waals surface area contributed by atoms with Gasteiger partial charge in [0.25, 0.3) is 0 Å². The molecule has 0 aliphatic carbocycles. The van der Waals surface area contributed by atoms with E-state index in [0.29, 0.717) is 17.6 Å². The number of nitrogen functional groups attached to an aromatic ring is 1. The standard InChI is InChI=1S/C14H15N3O2S2/c1-17(9-11-3-2-6-20-11)21(18,19)14-8-16-13-5-4-10(15)7-12(13)14/h2-8,16H,9,15H2,1H3. The molecule has 0 atom stereocenters. The molecule has 2 aromatic heterocycles. The minimum absolute atomic E-state index is 0.254. The molecule has 0 bridgehead atoms. The summed E-state index contributed by atoms with van der Waals surface area (Å²) in [4.78, 5) is 4.23. The number of hydrogen-bond acceptors (Lipinski definition) is 4. The van der Waals surface area contributed by atoms with E-state index in [9.17, 15) is 8.42 Å². The molecule has 0 unspecified atom stereocenters. The Balaban J connectivity index is 2.01. The summed E-state index contributed by atoms with van der Waals surface area (Å²) in [5.41, 5.74) is 7.06. The number of sulfonamides is 1. The van der Waals surface area contributed by atoms with Crippen molar-refractivity contribution in [3.05, 3.63) is 46.8 Å². The minimum atomic E-state index is -3.56. The summed E-state index contributed by atoms with van der Waals surface area (Å²) in [6, 6.07) is 9.03. The molecule has 21 heavy (non-hydrogen) atoms. The normalized spacial score (nSPS) is 12.3. The number of rotatable bonds is 4. The second-order valence-electron chi connectivity index (χ2n) is 4.80. The highest BCUT2D eigenvalue weighted by Gasteiger charge is 2.24. The molecule has 0 saturated heterocycles. The summed E-state index contributed by atoms with van der Waals surface area (Å²) in [7, 11) is -1.98. The quantitative estimate of drug-likeness (QED) is 0.725. The number of aromatic amines is 1. The predicted octanol–water partition coefficient (Wildman–Crippen LogP) is 2.63. The fraction of sp³-hybridized carbons (Fsp3) is 0.143. The Kier molecular flexibility index (Phi) is 3.48. The van der Waals surface area contributed by atoms with E-state index in [1.54, 1.807) is 25.2 Å². The number of H-pyrrole nitrogens is 1. The molecule has 0 aliphatic heterocycles. The molecular formula is C14H15N3O2S2. The smallest absolute Gasteiger partial charge is 0.245 e. The van der Waals surface area contributed by atoms with Crippen LogP contribution in [0.2, 0.25) is 0 Å². The summed E-state index contributed by atoms with van der Waals surface area (Å²) < 4.78 is 26.8. The first-order valence-corrected chi connectivity index (χ1v) is 8.66. The number of anilines is 1. The van der Waals surface area contributed by atoms with Crippen LogP contribution in [0.15, 0.2) is 46.8 Å². The van der Waals surface area contributed by atoms with Gasteiger partial charge in [-0.15, -0.1) is 11.3 Å². The molecule has 5 nitrogen and oxygen atoms in total. The van der Waals surface area contributed by atoms with Crippen molar-refractivity contribution in [2.45, 2.75) is 11.4 Å². The average molecular weight is 321 g/mol. The highest BCUT2D eigenvalue weighted by molar-refractivity contribution is 7.89. The van der Waals surface area contributed by atoms with Crippen LogP contribution in [0, 0.1) is 0 Å². The molecule has 3 N–H and O–H groups in total. The van der Waals surface area contributed by atoms with Crippen LogP contribution in [-0.4, -0.2) is 24.8 Å². The first-order chi connectivity index (χ1) is 9.98. The van der Waals surface area contributed by atoms with Crippen molar-refractivity contribution < 1.29 is 8.42 Å². The first kappa shape index (κ1) is 14.1. The summed E-state index contributed by atoms with van der Waals surface area (Å²) in [5, 5.41) is 2.55. The third kappa shape index (κ3) is 2.55. The summed E-state index contributed by atoms with van der Waals surface area (Å²) in [6.07, 6.45) is 1.52. The van der Waals surface area contributed by atoms with Gasteiger partial charge in [0.05, 0.1) is 0 Å². The second-order valence-corrected chi connectivity index (χ2v) is 7.84. The fourth-order valence-corrected chi connectivity index (χ4v) is 4.34. The molecule has 2 heterocycles. The zero-order valence-electron chi connectivity index (χ0n) is 11.4. The van der Waals surface area contributed by atoms with Crippen LogP contribution >= 0.6 is 11.3 Å². The van der Waals surface area contributed by atoms with Crippen LogP contribution in [0.1, 0.15) is 4.88 Å². The Labute approximate surface area is 127 Å². The predicted molar refractivity (Wildman–Crippen MR) is 85.7 cm³/mol. The van der Waals surface area contributed by atoms with Gasteiger partial charge in [-0.3, -0.25) is 0 Å². The summed E-state index contributed by atoms with van der Waals surface area (Å²) in [6.45, 7) is 0.356. The number of fused-ring (bicyclic) bond motifs is 1. The van der Waals surface area contributed by atoms with Crippen LogP contribution in [0.5, 0.6) is 0 Å². The van der Waals surface area contributed by atoms with Crippen LogP contribution in [0.25, 0.3) is 10.9 Å². The molecule has 1 aromatic carbocycles. The largest absolute Gasteiger partial charge is 0.399 e. The van der Waals surface area contributed by atoms with Crippen molar-refractivity contribution in [2.75, 3.05) is 12.8 Å². The van der Waals surface area contributed by atoms with E-state index in [1.165, 1.54) is 21.8 Å². The maximum Gasteiger partial charge on any atom is 0.245 e. The van der Waals surface area contributed by atoms with Crippen molar-refractivity contribution in [1.29, 1.82) is 0 Å². The zero-order valence-corrected chi connectivity index (χ0v) is 13.0. The Morgan fingerprint density at radius 3 is 2.86 bits per heavy atom. The van der Waals surface area contributed by atoms with Crippen molar-refractivity contribution in [1.82, 2.24) is 9.29 Å². The van der Waals surface area contributed by atoms with E-state index in [4.69, 9.17) is 5.73 Å². The lowest BCUT2D eigenvalue weighted by Gasteiger charge is -2.15. The van der Waals surface area contributed by atoms with E-state index in [2.05, 4.69) is 4.98 Å². The van der Waals surface area contributed by atoms with Crippen molar-refractivity contribution in [2.24, 2.45) is 0 Å². The van der Waals surface area contributed by atoms with Gasteiger partial charge in [0, 0.05) is 41.3 Å². The molecule has 0 saturated carbocycles. The third-order valence-electron chi connectivity index (χ3n) is 3.31. The van der Waals surface area contributed by atoms with E-state index >= 15 is 0 Å². The maximum absolute atomic E-state index is 12.7. The van der Waals surface area contributed by atoms with Gasteiger partial charge in [-0.25, -0.2) is 8.42 Å². The Morgan fingerprint density at radius 1 is 1.33 bits per heavy atom. The monoisotopic (exact) mass is 321 g/mol. The summed E-state index contributed by atoms with van der Waals surface area (Å²) in [5.74, 6) is 0. The van der Waals surface area contributed by atoms with E-state index in [0.717, 1.165) is 10.4 Å². The molecule has 110 valence electrons. The van der Waals surface area contributed by atoms with Gasteiger partial charge >= 0.3 is 0 Å². The van der Waals surface area contributed by atoms with E-state index < -0.39 is 10.0 Å². The number of benzene rings is 1. The van der Waals surface area contributed by atoms with Gasteiger partial charge in [-0.1, -0.05) is 6.07 Å². The molecular weight excluding hydrogens is 306 g/mol. The van der Waals surface area contributed by atoms with Gasteiger partial charge in [0.2, 0.25) is 10.0 Å². The number of nitrogens with two attached hydrogens (primary N) is 1. The molecule has 0 amide bonds. The van der Waals surface area contributed by atoms with Gasteiger partial charge in [0.15, 0.2) is 0 Å². The topological polar surface area (TPSA) is 79.2 Å². The van der Waals surface area contributed by atoms with E-state index in [1.807, 2.05) is 17.5 Å². The molecule has 0 fully saturated rings. The maximum atomic E-state index is 12.7. The SMILES string of the molecule is CN(Cc1cccs1)S(=O)(=O)c1c[nH]c2ccc(N)cc12. The molecule has 7 heteroatoms. The average Bonchev–Trinajstić information content (AvgIpc) is 3.07.